The zero-order valence-electron chi connectivity index (χ0n) is 7.67. The fraction of sp³-hybridized carbons (Fsp3) is 0.875. The molecule has 0 spiro atoms. The van der Waals surface area contributed by atoms with Crippen molar-refractivity contribution in [1.82, 2.24) is 5.32 Å². The number of rotatable bonds is 6. The van der Waals surface area contributed by atoms with Crippen molar-refractivity contribution in [2.45, 2.75) is 26.4 Å². The number of aliphatic hydroxyl groups is 1. The van der Waals surface area contributed by atoms with Gasteiger partial charge in [0.1, 0.15) is 6.61 Å². The smallest absolute Gasteiger partial charge is 0.246 e. The third kappa shape index (κ3) is 7.50. The average molecular weight is 175 g/mol. The Morgan fingerprint density at radius 2 is 2.25 bits per heavy atom. The molecule has 2 N–H and O–H groups in total. The van der Waals surface area contributed by atoms with E-state index in [0.717, 1.165) is 0 Å². The van der Waals surface area contributed by atoms with Crippen molar-refractivity contribution in [3.63, 3.8) is 0 Å². The molecule has 0 aromatic rings. The van der Waals surface area contributed by atoms with Gasteiger partial charge in [0.05, 0.1) is 6.10 Å². The number of nitrogens with one attached hydrogen (secondary N) is 1. The summed E-state index contributed by atoms with van der Waals surface area (Å²) in [7, 11) is 0. The minimum atomic E-state index is -0.128. The minimum absolute atomic E-state index is 0.0774. The van der Waals surface area contributed by atoms with E-state index in [9.17, 15) is 4.79 Å². The van der Waals surface area contributed by atoms with Crippen LogP contribution in [-0.2, 0) is 9.53 Å². The predicted octanol–water partition coefficient (Wildman–Crippen LogP) is -0.0900. The van der Waals surface area contributed by atoms with Gasteiger partial charge in [-0.3, -0.25) is 4.79 Å². The number of ether oxygens (including phenoxy) is 1. The first kappa shape index (κ1) is 11.4. The summed E-state index contributed by atoms with van der Waals surface area (Å²) in [6.45, 7) is 4.47. The zero-order valence-corrected chi connectivity index (χ0v) is 7.67. The van der Waals surface area contributed by atoms with Crippen LogP contribution in [0.5, 0.6) is 0 Å². The molecule has 1 amide bonds. The largest absolute Gasteiger partial charge is 0.396 e. The number of carbonyl (C=O) groups is 1. The molecule has 0 aliphatic carbocycles. The van der Waals surface area contributed by atoms with Crippen molar-refractivity contribution in [3.05, 3.63) is 0 Å². The van der Waals surface area contributed by atoms with E-state index in [1.807, 2.05) is 13.8 Å². The number of amides is 1. The van der Waals surface area contributed by atoms with E-state index in [4.69, 9.17) is 9.84 Å². The minimum Gasteiger partial charge on any atom is -0.396 e. The molecule has 0 saturated heterocycles. The molecule has 0 radical (unpaired) electrons. The molecule has 0 rings (SSSR count). The SMILES string of the molecule is CC(C)OCC(=O)NCCCO. The van der Waals surface area contributed by atoms with Gasteiger partial charge in [0.15, 0.2) is 0 Å². The Kier molecular flexibility index (Phi) is 6.70. The lowest BCUT2D eigenvalue weighted by Crippen LogP contribution is -2.29. The van der Waals surface area contributed by atoms with Gasteiger partial charge in [-0.1, -0.05) is 0 Å². The lowest BCUT2D eigenvalue weighted by atomic mass is 10.4. The third-order valence-corrected chi connectivity index (χ3v) is 1.20. The molecule has 12 heavy (non-hydrogen) atoms. The number of hydrogen-bond acceptors (Lipinski definition) is 3. The van der Waals surface area contributed by atoms with E-state index < -0.39 is 0 Å². The highest BCUT2D eigenvalue weighted by Crippen LogP contribution is 1.86. The van der Waals surface area contributed by atoms with Crippen molar-refractivity contribution in [1.29, 1.82) is 0 Å². The molecular weight excluding hydrogens is 158 g/mol. The predicted molar refractivity (Wildman–Crippen MR) is 45.8 cm³/mol. The van der Waals surface area contributed by atoms with Gasteiger partial charge in [-0.15, -0.1) is 0 Å². The zero-order chi connectivity index (χ0) is 9.40. The molecule has 0 aromatic carbocycles. The van der Waals surface area contributed by atoms with Gasteiger partial charge in [-0.2, -0.15) is 0 Å². The van der Waals surface area contributed by atoms with Crippen molar-refractivity contribution in [2.24, 2.45) is 0 Å². The van der Waals surface area contributed by atoms with Gasteiger partial charge < -0.3 is 15.2 Å². The molecule has 0 aliphatic heterocycles. The van der Waals surface area contributed by atoms with E-state index in [0.29, 0.717) is 13.0 Å². The first-order chi connectivity index (χ1) is 5.66. The summed E-state index contributed by atoms with van der Waals surface area (Å²) in [5, 5.41) is 11.0. The quantitative estimate of drug-likeness (QED) is 0.555. The molecule has 0 bridgehead atoms. The van der Waals surface area contributed by atoms with Crippen LogP contribution in [0.1, 0.15) is 20.3 Å². The van der Waals surface area contributed by atoms with Crippen LogP contribution in [0.2, 0.25) is 0 Å². The molecule has 4 heteroatoms. The molecule has 0 unspecified atom stereocenters. The van der Waals surface area contributed by atoms with Crippen LogP contribution in [-0.4, -0.2) is 36.9 Å². The van der Waals surface area contributed by atoms with Crippen LogP contribution in [0.15, 0.2) is 0 Å². The van der Waals surface area contributed by atoms with Crippen LogP contribution in [0.3, 0.4) is 0 Å². The second kappa shape index (κ2) is 7.06. The van der Waals surface area contributed by atoms with Crippen molar-refractivity contribution in [2.75, 3.05) is 19.8 Å². The average Bonchev–Trinajstić information content (AvgIpc) is 2.01. The highest BCUT2D eigenvalue weighted by molar-refractivity contribution is 5.77. The van der Waals surface area contributed by atoms with Crippen molar-refractivity contribution in [3.8, 4) is 0 Å². The topological polar surface area (TPSA) is 58.6 Å². The summed E-state index contributed by atoms with van der Waals surface area (Å²) in [5.41, 5.74) is 0. The Bertz CT molecular complexity index is 125. The number of aliphatic hydroxyl groups excluding tert-OH is 1. The monoisotopic (exact) mass is 175 g/mol. The molecule has 0 aromatic heterocycles. The Hall–Kier alpha value is -0.610. The lowest BCUT2D eigenvalue weighted by molar-refractivity contribution is -0.127. The van der Waals surface area contributed by atoms with Gasteiger partial charge in [-0.05, 0) is 20.3 Å². The second-order valence-electron chi connectivity index (χ2n) is 2.79. The van der Waals surface area contributed by atoms with E-state index in [-0.39, 0.29) is 25.2 Å². The Morgan fingerprint density at radius 3 is 2.75 bits per heavy atom. The van der Waals surface area contributed by atoms with E-state index in [1.165, 1.54) is 0 Å². The van der Waals surface area contributed by atoms with Crippen LogP contribution in [0, 0.1) is 0 Å². The summed E-state index contributed by atoms with van der Waals surface area (Å²) in [5.74, 6) is -0.128. The van der Waals surface area contributed by atoms with Gasteiger partial charge in [0, 0.05) is 13.2 Å². The first-order valence-corrected chi connectivity index (χ1v) is 4.16. The Morgan fingerprint density at radius 1 is 1.58 bits per heavy atom. The van der Waals surface area contributed by atoms with Crippen LogP contribution >= 0.6 is 0 Å². The summed E-state index contributed by atoms with van der Waals surface area (Å²) in [6, 6.07) is 0. The summed E-state index contributed by atoms with van der Waals surface area (Å²) in [4.78, 5) is 10.9. The maximum Gasteiger partial charge on any atom is 0.246 e. The molecule has 0 fully saturated rings. The van der Waals surface area contributed by atoms with Gasteiger partial charge in [0.2, 0.25) is 5.91 Å². The molecule has 0 saturated carbocycles. The van der Waals surface area contributed by atoms with Crippen LogP contribution < -0.4 is 5.32 Å². The molecule has 72 valence electrons. The van der Waals surface area contributed by atoms with E-state index in [2.05, 4.69) is 5.32 Å². The molecule has 0 heterocycles. The maximum atomic E-state index is 10.9. The molecular formula is C8H17NO3. The van der Waals surface area contributed by atoms with E-state index in [1.54, 1.807) is 0 Å². The summed E-state index contributed by atoms with van der Waals surface area (Å²) >= 11 is 0. The van der Waals surface area contributed by atoms with Gasteiger partial charge >= 0.3 is 0 Å². The number of carbonyl (C=O) groups excluding carboxylic acids is 1. The maximum absolute atomic E-state index is 10.9. The third-order valence-electron chi connectivity index (χ3n) is 1.20. The fourth-order valence-corrected chi connectivity index (χ4v) is 0.600. The summed E-state index contributed by atoms with van der Waals surface area (Å²) < 4.78 is 5.06. The van der Waals surface area contributed by atoms with Gasteiger partial charge in [0.25, 0.3) is 0 Å². The van der Waals surface area contributed by atoms with Crippen molar-refractivity contribution < 1.29 is 14.6 Å². The van der Waals surface area contributed by atoms with Crippen molar-refractivity contribution >= 4 is 5.91 Å². The Balaban J connectivity index is 3.22. The van der Waals surface area contributed by atoms with Crippen LogP contribution in [0.4, 0.5) is 0 Å². The normalized spacial score (nSPS) is 10.3. The first-order valence-electron chi connectivity index (χ1n) is 4.16. The standard InChI is InChI=1S/C8H17NO3/c1-7(2)12-6-8(11)9-4-3-5-10/h7,10H,3-6H2,1-2H3,(H,9,11). The van der Waals surface area contributed by atoms with E-state index >= 15 is 0 Å². The lowest BCUT2D eigenvalue weighted by Gasteiger charge is -2.07. The van der Waals surface area contributed by atoms with Gasteiger partial charge in [-0.25, -0.2) is 0 Å². The summed E-state index contributed by atoms with van der Waals surface area (Å²) in [6.07, 6.45) is 0.668. The highest BCUT2D eigenvalue weighted by Gasteiger charge is 2.01. The molecule has 0 aliphatic rings. The fourth-order valence-electron chi connectivity index (χ4n) is 0.600. The Labute approximate surface area is 72.9 Å². The second-order valence-corrected chi connectivity index (χ2v) is 2.79. The molecule has 4 nitrogen and oxygen atoms in total. The highest BCUT2D eigenvalue weighted by atomic mass is 16.5. The molecule has 0 atom stereocenters. The van der Waals surface area contributed by atoms with Crippen LogP contribution in [0.25, 0.3) is 0 Å². The number of hydrogen-bond donors (Lipinski definition) is 2.